The van der Waals surface area contributed by atoms with Gasteiger partial charge in [-0.05, 0) is 44.1 Å². The molecule has 0 saturated heterocycles. The van der Waals surface area contributed by atoms with E-state index in [4.69, 9.17) is 9.47 Å². The van der Waals surface area contributed by atoms with E-state index in [1.165, 1.54) is 45.6 Å². The summed E-state index contributed by atoms with van der Waals surface area (Å²) in [4.78, 5) is 23.6. The summed E-state index contributed by atoms with van der Waals surface area (Å²) in [6, 6.07) is 8.13. The van der Waals surface area contributed by atoms with Crippen molar-refractivity contribution in [2.45, 2.75) is 88.9 Å². The predicted molar refractivity (Wildman–Crippen MR) is 127 cm³/mol. The molecule has 0 aromatic heterocycles. The van der Waals surface area contributed by atoms with Gasteiger partial charge in [0.15, 0.2) is 0 Å². The highest BCUT2D eigenvalue weighted by Crippen LogP contribution is 2.30. The average Bonchev–Trinajstić information content (AvgIpc) is 2.78. The number of esters is 2. The molecule has 0 bridgehead atoms. The van der Waals surface area contributed by atoms with Gasteiger partial charge in [0.05, 0.1) is 20.3 Å². The number of methoxy groups -OCH3 is 1. The maximum atomic E-state index is 11.4. The Labute approximate surface area is 192 Å². The van der Waals surface area contributed by atoms with Crippen LogP contribution in [0.1, 0.15) is 84.0 Å². The van der Waals surface area contributed by atoms with Gasteiger partial charge in [0.25, 0.3) is 0 Å². The molecule has 0 radical (unpaired) electrons. The van der Waals surface area contributed by atoms with Crippen molar-refractivity contribution in [1.29, 1.82) is 0 Å². The van der Waals surface area contributed by atoms with Crippen molar-refractivity contribution in [3.63, 3.8) is 0 Å². The highest BCUT2D eigenvalue weighted by atomic mass is 32.2. The zero-order valence-electron chi connectivity index (χ0n) is 19.4. The molecule has 0 amide bonds. The van der Waals surface area contributed by atoms with Gasteiger partial charge in [0.2, 0.25) is 0 Å². The summed E-state index contributed by atoms with van der Waals surface area (Å²) in [5.74, 6) is 1.60. The van der Waals surface area contributed by atoms with Crippen LogP contribution in [0.25, 0.3) is 0 Å². The van der Waals surface area contributed by atoms with Crippen LogP contribution in [0.5, 0.6) is 5.75 Å². The monoisotopic (exact) mass is 452 g/mol. The number of carbonyl (C=O) groups excluding carboxylic acids is 2. The van der Waals surface area contributed by atoms with Crippen molar-refractivity contribution in [2.24, 2.45) is 0 Å². The van der Waals surface area contributed by atoms with Gasteiger partial charge in [0.1, 0.15) is 5.75 Å². The molecule has 0 heterocycles. The Balaban J connectivity index is 2.03. The molecule has 0 spiro atoms. The van der Waals surface area contributed by atoms with Crippen LogP contribution in [0.4, 0.5) is 0 Å². The largest absolute Gasteiger partial charge is 0.492 e. The van der Waals surface area contributed by atoms with E-state index < -0.39 is 0 Å². The molecular weight excluding hydrogens is 412 g/mol. The lowest BCUT2D eigenvalue weighted by Gasteiger charge is -2.11. The Bertz CT molecular complexity index is 605. The van der Waals surface area contributed by atoms with E-state index in [1.54, 1.807) is 11.8 Å². The van der Waals surface area contributed by atoms with E-state index in [0.717, 1.165) is 48.7 Å². The van der Waals surface area contributed by atoms with Gasteiger partial charge in [0, 0.05) is 17.7 Å². The van der Waals surface area contributed by atoms with Crippen molar-refractivity contribution >= 4 is 23.7 Å². The van der Waals surface area contributed by atoms with E-state index >= 15 is 0 Å². The fourth-order valence-corrected chi connectivity index (χ4v) is 4.17. The fraction of sp³-hybridized carbons (Fsp3) is 0.680. The van der Waals surface area contributed by atoms with Crippen molar-refractivity contribution in [1.82, 2.24) is 0 Å². The summed E-state index contributed by atoms with van der Waals surface area (Å²) >= 11 is 1.73. The standard InChI is InChI=1S/C25H40O5S/c1-3-29-25(27)19-15-21-31-23-17-13-12-16-22(23)30-20-14-10-8-6-4-5-7-9-11-18-24(26)28-2/h12-13,16-17H,3-11,14-15,18-21H2,1-2H3. The van der Waals surface area contributed by atoms with E-state index in [0.29, 0.717) is 19.4 Å². The fourth-order valence-electron chi connectivity index (χ4n) is 3.21. The second kappa shape index (κ2) is 19.0. The Morgan fingerprint density at radius 2 is 1.42 bits per heavy atom. The highest BCUT2D eigenvalue weighted by Gasteiger charge is 2.06. The Morgan fingerprint density at radius 3 is 2.10 bits per heavy atom. The van der Waals surface area contributed by atoms with Crippen LogP contribution in [0, 0.1) is 0 Å². The molecule has 0 unspecified atom stereocenters. The van der Waals surface area contributed by atoms with Crippen molar-refractivity contribution in [3.05, 3.63) is 24.3 Å². The molecule has 31 heavy (non-hydrogen) atoms. The van der Waals surface area contributed by atoms with Crippen LogP contribution in [-0.4, -0.2) is 38.0 Å². The molecule has 176 valence electrons. The van der Waals surface area contributed by atoms with Crippen molar-refractivity contribution in [2.75, 3.05) is 26.1 Å². The number of rotatable bonds is 19. The summed E-state index contributed by atoms with van der Waals surface area (Å²) in [7, 11) is 1.45. The molecule has 0 aliphatic rings. The first-order valence-corrected chi connectivity index (χ1v) is 12.7. The van der Waals surface area contributed by atoms with Crippen molar-refractivity contribution in [3.8, 4) is 5.75 Å². The van der Waals surface area contributed by atoms with Gasteiger partial charge in [-0.2, -0.15) is 0 Å². The van der Waals surface area contributed by atoms with Gasteiger partial charge in [-0.15, -0.1) is 11.8 Å². The normalized spacial score (nSPS) is 10.6. The van der Waals surface area contributed by atoms with Crippen LogP contribution >= 0.6 is 11.8 Å². The van der Waals surface area contributed by atoms with Crippen LogP contribution in [0.15, 0.2) is 29.2 Å². The lowest BCUT2D eigenvalue weighted by Crippen LogP contribution is -2.03. The number of carbonyl (C=O) groups is 2. The van der Waals surface area contributed by atoms with E-state index in [-0.39, 0.29) is 11.9 Å². The molecule has 0 atom stereocenters. The van der Waals surface area contributed by atoms with Gasteiger partial charge >= 0.3 is 11.9 Å². The zero-order valence-corrected chi connectivity index (χ0v) is 20.2. The summed E-state index contributed by atoms with van der Waals surface area (Å²) < 4.78 is 15.6. The Hall–Kier alpha value is -1.69. The maximum absolute atomic E-state index is 11.4. The maximum Gasteiger partial charge on any atom is 0.305 e. The third-order valence-corrected chi connectivity index (χ3v) is 6.09. The number of hydrogen-bond donors (Lipinski definition) is 0. The third-order valence-electron chi connectivity index (χ3n) is 4.95. The van der Waals surface area contributed by atoms with E-state index in [9.17, 15) is 9.59 Å². The van der Waals surface area contributed by atoms with Gasteiger partial charge in [-0.1, -0.05) is 57.1 Å². The minimum Gasteiger partial charge on any atom is -0.492 e. The van der Waals surface area contributed by atoms with Crippen LogP contribution < -0.4 is 4.74 Å². The Morgan fingerprint density at radius 1 is 0.806 bits per heavy atom. The van der Waals surface area contributed by atoms with E-state index in [2.05, 4.69) is 10.8 Å². The minimum absolute atomic E-state index is 0.0996. The van der Waals surface area contributed by atoms with Gasteiger partial charge in [-0.25, -0.2) is 0 Å². The molecule has 0 fully saturated rings. The van der Waals surface area contributed by atoms with E-state index in [1.807, 2.05) is 25.1 Å². The quantitative estimate of drug-likeness (QED) is 0.134. The number of unbranched alkanes of at least 4 members (excludes halogenated alkanes) is 8. The van der Waals surface area contributed by atoms with Crippen LogP contribution in [-0.2, 0) is 19.1 Å². The molecule has 0 saturated carbocycles. The number of para-hydroxylation sites is 1. The lowest BCUT2D eigenvalue weighted by atomic mass is 10.1. The van der Waals surface area contributed by atoms with Gasteiger partial charge < -0.3 is 14.2 Å². The molecule has 1 aromatic rings. The first kappa shape index (κ1) is 27.3. The second-order valence-corrected chi connectivity index (χ2v) is 8.70. The molecule has 1 aromatic carbocycles. The Kier molecular flexibility index (Phi) is 16.8. The van der Waals surface area contributed by atoms with Gasteiger partial charge in [-0.3, -0.25) is 9.59 Å². The van der Waals surface area contributed by atoms with Crippen LogP contribution in [0.3, 0.4) is 0 Å². The average molecular weight is 453 g/mol. The number of ether oxygens (including phenoxy) is 3. The lowest BCUT2D eigenvalue weighted by molar-refractivity contribution is -0.143. The molecule has 0 aliphatic carbocycles. The predicted octanol–water partition coefficient (Wildman–Crippen LogP) is 6.57. The highest BCUT2D eigenvalue weighted by molar-refractivity contribution is 7.99. The molecule has 5 nitrogen and oxygen atoms in total. The number of benzene rings is 1. The molecule has 0 N–H and O–H groups in total. The van der Waals surface area contributed by atoms with Crippen LogP contribution in [0.2, 0.25) is 0 Å². The molecule has 6 heteroatoms. The smallest absolute Gasteiger partial charge is 0.305 e. The minimum atomic E-state index is -0.119. The molecular formula is C25H40O5S. The molecule has 1 rings (SSSR count). The van der Waals surface area contributed by atoms with Crippen molar-refractivity contribution < 1.29 is 23.8 Å². The first-order valence-electron chi connectivity index (χ1n) is 11.7. The summed E-state index contributed by atoms with van der Waals surface area (Å²) in [6.45, 7) is 3.02. The molecule has 0 aliphatic heterocycles. The first-order chi connectivity index (χ1) is 15.2. The summed E-state index contributed by atoms with van der Waals surface area (Å²) in [5, 5.41) is 0. The number of hydrogen-bond acceptors (Lipinski definition) is 6. The summed E-state index contributed by atoms with van der Waals surface area (Å²) in [6.07, 6.45) is 12.4. The topological polar surface area (TPSA) is 61.8 Å². The second-order valence-electron chi connectivity index (χ2n) is 7.56. The zero-order chi connectivity index (χ0) is 22.6. The SMILES string of the molecule is CCOC(=O)CCCSc1ccccc1OCCCCCCCCCCCC(=O)OC. The number of thioether (sulfide) groups is 1. The third kappa shape index (κ3) is 14.9. The summed E-state index contributed by atoms with van der Waals surface area (Å²) in [5.41, 5.74) is 0.